The second-order valence-corrected chi connectivity index (χ2v) is 7.66. The summed E-state index contributed by atoms with van der Waals surface area (Å²) >= 11 is 1.62. The Bertz CT molecular complexity index is 487. The van der Waals surface area contributed by atoms with E-state index in [1.165, 1.54) is 0 Å². The summed E-state index contributed by atoms with van der Waals surface area (Å²) in [6, 6.07) is 0. The molecule has 0 radical (unpaired) electrons. The van der Waals surface area contributed by atoms with Crippen LogP contribution in [0.1, 0.15) is 44.3 Å². The van der Waals surface area contributed by atoms with Gasteiger partial charge in [0.25, 0.3) is 0 Å². The Morgan fingerprint density at radius 1 is 1.57 bits per heavy atom. The Labute approximate surface area is 129 Å². The molecule has 0 saturated carbocycles. The Kier molecular flexibility index (Phi) is 5.01. The number of carbonyl (C=O) groups is 1. The van der Waals surface area contributed by atoms with Gasteiger partial charge in [0.15, 0.2) is 0 Å². The van der Waals surface area contributed by atoms with Crippen molar-refractivity contribution < 1.29 is 14.6 Å². The molecule has 1 saturated heterocycles. The molecule has 1 aromatic rings. The van der Waals surface area contributed by atoms with Crippen LogP contribution in [0.15, 0.2) is 5.38 Å². The average molecular weight is 312 g/mol. The maximum absolute atomic E-state index is 11.5. The largest absolute Gasteiger partial charge is 0.481 e. The number of carboxylic acid groups (broad SMARTS) is 1. The molecule has 0 aliphatic carbocycles. The van der Waals surface area contributed by atoms with Crippen LogP contribution in [-0.2, 0) is 21.5 Å². The van der Waals surface area contributed by atoms with Crippen molar-refractivity contribution >= 4 is 17.3 Å². The van der Waals surface area contributed by atoms with E-state index in [4.69, 9.17) is 4.74 Å². The van der Waals surface area contributed by atoms with Gasteiger partial charge in [0.1, 0.15) is 10.4 Å². The van der Waals surface area contributed by atoms with Gasteiger partial charge in [0.05, 0.1) is 12.3 Å². The molecule has 1 aromatic heterocycles. The highest BCUT2D eigenvalue weighted by Crippen LogP contribution is 2.28. The monoisotopic (exact) mass is 312 g/mol. The molecule has 1 atom stereocenters. The number of ether oxygens (including phenoxy) is 1. The van der Waals surface area contributed by atoms with Gasteiger partial charge < -0.3 is 15.2 Å². The first-order chi connectivity index (χ1) is 9.83. The summed E-state index contributed by atoms with van der Waals surface area (Å²) in [7, 11) is 0. The van der Waals surface area contributed by atoms with Gasteiger partial charge in [-0.2, -0.15) is 0 Å². The molecular weight excluding hydrogens is 288 g/mol. The van der Waals surface area contributed by atoms with Crippen LogP contribution in [0, 0.1) is 5.41 Å². The highest BCUT2D eigenvalue weighted by atomic mass is 32.1. The van der Waals surface area contributed by atoms with Crippen LogP contribution >= 0.6 is 11.3 Å². The van der Waals surface area contributed by atoms with E-state index < -0.39 is 11.4 Å². The summed E-state index contributed by atoms with van der Waals surface area (Å²) in [4.78, 5) is 16.1. The van der Waals surface area contributed by atoms with Gasteiger partial charge in [-0.15, -0.1) is 11.3 Å². The minimum absolute atomic E-state index is 0.0498. The van der Waals surface area contributed by atoms with Crippen molar-refractivity contribution in [3.63, 3.8) is 0 Å². The van der Waals surface area contributed by atoms with Crippen molar-refractivity contribution in [1.29, 1.82) is 0 Å². The van der Waals surface area contributed by atoms with Crippen LogP contribution in [0.3, 0.4) is 0 Å². The highest BCUT2D eigenvalue weighted by molar-refractivity contribution is 7.09. The van der Waals surface area contributed by atoms with E-state index in [9.17, 15) is 9.90 Å². The fourth-order valence-corrected chi connectivity index (χ4v) is 3.37. The van der Waals surface area contributed by atoms with Crippen molar-refractivity contribution in [3.05, 3.63) is 16.1 Å². The molecule has 1 unspecified atom stereocenters. The Balaban J connectivity index is 1.91. The van der Waals surface area contributed by atoms with Crippen molar-refractivity contribution in [2.45, 2.75) is 45.6 Å². The predicted octanol–water partition coefficient (Wildman–Crippen LogP) is 2.41. The van der Waals surface area contributed by atoms with Crippen LogP contribution < -0.4 is 5.32 Å². The molecule has 1 aliphatic rings. The lowest BCUT2D eigenvalue weighted by Crippen LogP contribution is -2.46. The van der Waals surface area contributed by atoms with Crippen LogP contribution in [0.4, 0.5) is 0 Å². The van der Waals surface area contributed by atoms with Crippen LogP contribution in [0.25, 0.3) is 0 Å². The zero-order chi connectivity index (χ0) is 15.5. The molecule has 1 aliphatic heterocycles. The van der Waals surface area contributed by atoms with E-state index in [-0.39, 0.29) is 5.41 Å². The molecule has 2 N–H and O–H groups in total. The van der Waals surface area contributed by atoms with E-state index in [0.717, 1.165) is 17.1 Å². The van der Waals surface area contributed by atoms with Crippen LogP contribution in [0.5, 0.6) is 0 Å². The molecule has 21 heavy (non-hydrogen) atoms. The third-order valence-corrected chi connectivity index (χ3v) is 4.68. The van der Waals surface area contributed by atoms with Gasteiger partial charge in [-0.25, -0.2) is 4.98 Å². The number of nitrogens with one attached hydrogen (secondary N) is 1. The molecule has 0 amide bonds. The second-order valence-electron chi connectivity index (χ2n) is 6.72. The van der Waals surface area contributed by atoms with E-state index in [1.807, 2.05) is 0 Å². The molecule has 5 nitrogen and oxygen atoms in total. The molecule has 6 heteroatoms. The molecule has 1 fully saturated rings. The van der Waals surface area contributed by atoms with E-state index in [0.29, 0.717) is 32.7 Å². The topological polar surface area (TPSA) is 71.5 Å². The SMILES string of the molecule is CC(C)(C)c1csc(CNCC2(C(=O)O)CCCOC2)n1. The lowest BCUT2D eigenvalue weighted by Gasteiger charge is -2.33. The molecule has 118 valence electrons. The summed E-state index contributed by atoms with van der Waals surface area (Å²) in [6.07, 6.45) is 1.47. The van der Waals surface area contributed by atoms with Crippen molar-refractivity contribution in [2.24, 2.45) is 5.41 Å². The zero-order valence-electron chi connectivity index (χ0n) is 12.9. The van der Waals surface area contributed by atoms with Crippen molar-refractivity contribution in [1.82, 2.24) is 10.3 Å². The van der Waals surface area contributed by atoms with E-state index >= 15 is 0 Å². The third kappa shape index (κ3) is 4.02. The Morgan fingerprint density at radius 3 is 2.86 bits per heavy atom. The fourth-order valence-electron chi connectivity index (χ4n) is 2.38. The highest BCUT2D eigenvalue weighted by Gasteiger charge is 2.40. The molecule has 0 aromatic carbocycles. The number of nitrogens with zero attached hydrogens (tertiary/aromatic N) is 1. The maximum Gasteiger partial charge on any atom is 0.313 e. The maximum atomic E-state index is 11.5. The number of hydrogen-bond acceptors (Lipinski definition) is 5. The first-order valence-electron chi connectivity index (χ1n) is 7.30. The summed E-state index contributed by atoms with van der Waals surface area (Å²) in [5, 5.41) is 15.8. The zero-order valence-corrected chi connectivity index (χ0v) is 13.8. The van der Waals surface area contributed by atoms with Gasteiger partial charge in [0.2, 0.25) is 0 Å². The molecule has 2 heterocycles. The first-order valence-corrected chi connectivity index (χ1v) is 8.18. The minimum atomic E-state index is -0.789. The normalized spacial score (nSPS) is 23.2. The first kappa shape index (κ1) is 16.4. The minimum Gasteiger partial charge on any atom is -0.481 e. The van der Waals surface area contributed by atoms with Crippen molar-refractivity contribution in [3.8, 4) is 0 Å². The third-order valence-electron chi connectivity index (χ3n) is 3.84. The smallest absolute Gasteiger partial charge is 0.313 e. The summed E-state index contributed by atoms with van der Waals surface area (Å²) in [5.74, 6) is -0.774. The van der Waals surface area contributed by atoms with E-state index in [2.05, 4.69) is 36.5 Å². The number of rotatable bonds is 5. The second kappa shape index (κ2) is 6.42. The molecule has 0 spiro atoms. The van der Waals surface area contributed by atoms with Gasteiger partial charge in [-0.1, -0.05) is 20.8 Å². The molecule has 2 rings (SSSR count). The lowest BCUT2D eigenvalue weighted by atomic mass is 9.82. The lowest BCUT2D eigenvalue weighted by molar-refractivity contribution is -0.156. The van der Waals surface area contributed by atoms with Crippen LogP contribution in [-0.4, -0.2) is 35.8 Å². The van der Waals surface area contributed by atoms with Crippen LogP contribution in [0.2, 0.25) is 0 Å². The fraction of sp³-hybridized carbons (Fsp3) is 0.733. The van der Waals surface area contributed by atoms with E-state index in [1.54, 1.807) is 11.3 Å². The Hall–Kier alpha value is -0.980. The van der Waals surface area contributed by atoms with Gasteiger partial charge >= 0.3 is 5.97 Å². The number of aliphatic carboxylic acids is 1. The Morgan fingerprint density at radius 2 is 2.33 bits per heavy atom. The standard InChI is InChI=1S/C15H24N2O3S/c1-14(2,3)11-8-21-12(17-11)7-16-9-15(13(18)19)5-4-6-20-10-15/h8,16H,4-7,9-10H2,1-3H3,(H,18,19). The number of thiazole rings is 1. The molecule has 0 bridgehead atoms. The summed E-state index contributed by atoms with van der Waals surface area (Å²) in [6.45, 7) is 8.40. The number of carboxylic acids is 1. The quantitative estimate of drug-likeness (QED) is 0.873. The van der Waals surface area contributed by atoms with Gasteiger partial charge in [-0.3, -0.25) is 4.79 Å². The summed E-state index contributed by atoms with van der Waals surface area (Å²) < 4.78 is 5.36. The van der Waals surface area contributed by atoms with Gasteiger partial charge in [-0.05, 0) is 12.8 Å². The number of aromatic nitrogens is 1. The average Bonchev–Trinajstić information content (AvgIpc) is 2.88. The summed E-state index contributed by atoms with van der Waals surface area (Å²) in [5.41, 5.74) is 0.342. The van der Waals surface area contributed by atoms with Crippen molar-refractivity contribution in [2.75, 3.05) is 19.8 Å². The predicted molar refractivity (Wildman–Crippen MR) is 82.6 cm³/mol. The van der Waals surface area contributed by atoms with Gasteiger partial charge in [0, 0.05) is 30.5 Å². The number of hydrogen-bond donors (Lipinski definition) is 2. The molecular formula is C15H24N2O3S.